The van der Waals surface area contributed by atoms with Crippen LogP contribution in [-0.4, -0.2) is 42.4 Å². The van der Waals surface area contributed by atoms with Crippen molar-refractivity contribution in [1.29, 1.82) is 0 Å². The average molecular weight is 437 g/mol. The fourth-order valence-corrected chi connectivity index (χ4v) is 3.87. The van der Waals surface area contributed by atoms with Gasteiger partial charge in [0.1, 0.15) is 0 Å². The van der Waals surface area contributed by atoms with Crippen LogP contribution in [0.4, 0.5) is 14.7 Å². The van der Waals surface area contributed by atoms with Crippen molar-refractivity contribution in [2.75, 3.05) is 31.2 Å². The van der Waals surface area contributed by atoms with Crippen LogP contribution in [-0.2, 0) is 17.1 Å². The van der Waals surface area contributed by atoms with Gasteiger partial charge in [0.15, 0.2) is 0 Å². The summed E-state index contributed by atoms with van der Waals surface area (Å²) < 4.78 is 36.9. The zero-order valence-electron chi connectivity index (χ0n) is 18.1. The molecule has 1 aromatic heterocycles. The number of piperidine rings is 1. The van der Waals surface area contributed by atoms with Crippen molar-refractivity contribution in [3.8, 4) is 0 Å². The van der Waals surface area contributed by atoms with E-state index in [4.69, 9.17) is 10.5 Å². The molecule has 0 radical (unpaired) electrons. The molecule has 1 aliphatic rings. The molecule has 1 fully saturated rings. The van der Waals surface area contributed by atoms with Gasteiger partial charge in [-0.25, -0.2) is 0 Å². The molecule has 2 aromatic rings. The Morgan fingerprint density at radius 1 is 1.32 bits per heavy atom. The molecule has 3 rings (SSSR count). The van der Waals surface area contributed by atoms with Gasteiger partial charge < -0.3 is 19.9 Å². The number of rotatable bonds is 10. The number of carbonyl (C=O) groups excluding carboxylic acids is 1. The van der Waals surface area contributed by atoms with Gasteiger partial charge in [0.05, 0.1) is 6.61 Å². The summed E-state index contributed by atoms with van der Waals surface area (Å²) in [6.45, 7) is 5.45. The van der Waals surface area contributed by atoms with E-state index in [2.05, 4.69) is 14.7 Å². The standard InChI is InChI=1S/C22H30F2N4O3/c1-15-14-17(5-6-18(15)19(25)29)9-13-30-12-3-4-16-7-10-28(11-8-16)21-26-20(31-27-21)22(2,23)24/h5-6,14,16H,3-4,7-13H2,1-2H3,(H2,25,29). The molecule has 1 amide bonds. The lowest BCUT2D eigenvalue weighted by Gasteiger charge is -2.30. The topological polar surface area (TPSA) is 94.5 Å². The molecular weight excluding hydrogens is 406 g/mol. The molecule has 1 aliphatic heterocycles. The van der Waals surface area contributed by atoms with E-state index in [9.17, 15) is 13.6 Å². The minimum absolute atomic E-state index is 0.248. The van der Waals surface area contributed by atoms with Crippen LogP contribution in [0.25, 0.3) is 0 Å². The molecule has 0 aliphatic carbocycles. The van der Waals surface area contributed by atoms with Crippen molar-refractivity contribution in [2.24, 2.45) is 11.7 Å². The first kappa shape index (κ1) is 23.1. The second-order valence-electron chi connectivity index (χ2n) is 8.24. The average Bonchev–Trinajstić information content (AvgIpc) is 3.22. The molecule has 0 unspecified atom stereocenters. The van der Waals surface area contributed by atoms with Crippen molar-refractivity contribution < 1.29 is 22.8 Å². The number of nitrogens with two attached hydrogens (primary N) is 1. The van der Waals surface area contributed by atoms with Crippen LogP contribution in [0.1, 0.15) is 60.0 Å². The van der Waals surface area contributed by atoms with Crippen LogP contribution in [0.2, 0.25) is 0 Å². The van der Waals surface area contributed by atoms with E-state index >= 15 is 0 Å². The highest BCUT2D eigenvalue weighted by molar-refractivity contribution is 5.94. The zero-order chi connectivity index (χ0) is 22.4. The Morgan fingerprint density at radius 3 is 2.68 bits per heavy atom. The fourth-order valence-electron chi connectivity index (χ4n) is 3.87. The number of aromatic nitrogens is 2. The number of primary amides is 1. The predicted molar refractivity (Wildman–Crippen MR) is 112 cm³/mol. The SMILES string of the molecule is Cc1cc(CCOCCCC2CCN(c3noc(C(C)(F)F)n3)CC2)ccc1C(N)=O. The molecule has 0 atom stereocenters. The first-order valence-corrected chi connectivity index (χ1v) is 10.7. The third-order valence-corrected chi connectivity index (χ3v) is 5.68. The van der Waals surface area contributed by atoms with Gasteiger partial charge in [0, 0.05) is 32.2 Å². The van der Waals surface area contributed by atoms with Crippen LogP contribution in [0.3, 0.4) is 0 Å². The van der Waals surface area contributed by atoms with E-state index in [0.29, 0.717) is 24.7 Å². The number of nitrogens with zero attached hydrogens (tertiary/aromatic N) is 3. The number of aryl methyl sites for hydroxylation is 1. The maximum Gasteiger partial charge on any atom is 0.322 e. The number of halogens is 2. The predicted octanol–water partition coefficient (Wildman–Crippen LogP) is 3.84. The van der Waals surface area contributed by atoms with E-state index < -0.39 is 17.7 Å². The molecule has 2 heterocycles. The number of anilines is 1. The van der Waals surface area contributed by atoms with E-state index in [-0.39, 0.29) is 5.95 Å². The number of amides is 1. The summed E-state index contributed by atoms with van der Waals surface area (Å²) in [4.78, 5) is 17.0. The summed E-state index contributed by atoms with van der Waals surface area (Å²) in [5.74, 6) is -3.33. The molecule has 31 heavy (non-hydrogen) atoms. The van der Waals surface area contributed by atoms with E-state index in [1.807, 2.05) is 24.0 Å². The second-order valence-corrected chi connectivity index (χ2v) is 8.24. The second kappa shape index (κ2) is 10.2. The van der Waals surface area contributed by atoms with Crippen LogP contribution < -0.4 is 10.6 Å². The smallest absolute Gasteiger partial charge is 0.322 e. The van der Waals surface area contributed by atoms with Crippen molar-refractivity contribution in [1.82, 2.24) is 10.1 Å². The highest BCUT2D eigenvalue weighted by Gasteiger charge is 2.33. The summed E-state index contributed by atoms with van der Waals surface area (Å²) in [7, 11) is 0. The van der Waals surface area contributed by atoms with Gasteiger partial charge in [-0.2, -0.15) is 13.8 Å². The number of carbonyl (C=O) groups is 1. The lowest BCUT2D eigenvalue weighted by molar-refractivity contribution is -0.0158. The van der Waals surface area contributed by atoms with Crippen molar-refractivity contribution in [3.05, 3.63) is 40.8 Å². The van der Waals surface area contributed by atoms with Gasteiger partial charge in [-0.05, 0) is 67.3 Å². The normalized spacial score (nSPS) is 15.4. The Balaban J connectivity index is 1.30. The van der Waals surface area contributed by atoms with E-state index in [1.165, 1.54) is 0 Å². The minimum Gasteiger partial charge on any atom is -0.381 e. The summed E-state index contributed by atoms with van der Waals surface area (Å²) in [6.07, 6.45) is 4.79. The lowest BCUT2D eigenvalue weighted by Crippen LogP contribution is -2.34. The third kappa shape index (κ3) is 6.46. The van der Waals surface area contributed by atoms with Gasteiger partial charge in [0.2, 0.25) is 5.91 Å². The summed E-state index contributed by atoms with van der Waals surface area (Å²) in [5.41, 5.74) is 7.90. The third-order valence-electron chi connectivity index (χ3n) is 5.68. The summed E-state index contributed by atoms with van der Waals surface area (Å²) in [6, 6.07) is 5.66. The summed E-state index contributed by atoms with van der Waals surface area (Å²) in [5, 5.41) is 3.69. The van der Waals surface area contributed by atoms with Crippen LogP contribution >= 0.6 is 0 Å². The maximum atomic E-state index is 13.2. The Labute approximate surface area is 180 Å². The quantitative estimate of drug-likeness (QED) is 0.569. The fraction of sp³-hybridized carbons (Fsp3) is 0.591. The number of benzene rings is 1. The Hall–Kier alpha value is -2.55. The molecule has 2 N–H and O–H groups in total. The van der Waals surface area contributed by atoms with Gasteiger partial charge in [0.25, 0.3) is 11.8 Å². The lowest BCUT2D eigenvalue weighted by atomic mass is 9.92. The van der Waals surface area contributed by atoms with Crippen LogP contribution in [0.5, 0.6) is 0 Å². The Bertz CT molecular complexity index is 874. The molecular formula is C22H30F2N4O3. The van der Waals surface area contributed by atoms with Gasteiger partial charge in [-0.3, -0.25) is 4.79 Å². The molecule has 9 heteroatoms. The number of hydrogen-bond acceptors (Lipinski definition) is 6. The molecule has 0 bridgehead atoms. The molecule has 1 saturated heterocycles. The first-order chi connectivity index (χ1) is 14.7. The highest BCUT2D eigenvalue weighted by Crippen LogP contribution is 2.29. The number of ether oxygens (including phenoxy) is 1. The number of alkyl halides is 2. The zero-order valence-corrected chi connectivity index (χ0v) is 18.1. The van der Waals surface area contributed by atoms with Crippen molar-refractivity contribution in [3.63, 3.8) is 0 Å². The van der Waals surface area contributed by atoms with Gasteiger partial charge >= 0.3 is 5.92 Å². The molecule has 170 valence electrons. The minimum atomic E-state index is -3.12. The Kier molecular flexibility index (Phi) is 7.59. The molecule has 1 aromatic carbocycles. The van der Waals surface area contributed by atoms with Crippen molar-refractivity contribution >= 4 is 11.9 Å². The van der Waals surface area contributed by atoms with Crippen LogP contribution in [0.15, 0.2) is 22.7 Å². The molecule has 0 saturated carbocycles. The first-order valence-electron chi connectivity index (χ1n) is 10.7. The molecule has 7 nitrogen and oxygen atoms in total. The summed E-state index contributed by atoms with van der Waals surface area (Å²) >= 11 is 0. The molecule has 0 spiro atoms. The van der Waals surface area contributed by atoms with Gasteiger partial charge in [-0.15, -0.1) is 0 Å². The van der Waals surface area contributed by atoms with Gasteiger partial charge in [-0.1, -0.05) is 12.1 Å². The number of hydrogen-bond donors (Lipinski definition) is 1. The van der Waals surface area contributed by atoms with E-state index in [1.54, 1.807) is 6.07 Å². The maximum absolute atomic E-state index is 13.2. The van der Waals surface area contributed by atoms with E-state index in [0.717, 1.165) is 63.2 Å². The largest absolute Gasteiger partial charge is 0.381 e. The van der Waals surface area contributed by atoms with Crippen molar-refractivity contribution in [2.45, 2.75) is 51.9 Å². The highest BCUT2D eigenvalue weighted by atomic mass is 19.3. The Morgan fingerprint density at radius 2 is 2.06 bits per heavy atom. The van der Waals surface area contributed by atoms with Crippen LogP contribution in [0, 0.1) is 12.8 Å². The monoisotopic (exact) mass is 436 g/mol.